The Balaban J connectivity index is 1.92. The van der Waals surface area contributed by atoms with Crippen LogP contribution >= 0.6 is 0 Å². The lowest BCUT2D eigenvalue weighted by Gasteiger charge is -2.31. The molecule has 0 aromatic heterocycles. The number of carbonyl (C=O) groups excluding carboxylic acids is 1. The van der Waals surface area contributed by atoms with Crippen LogP contribution in [0.2, 0.25) is 0 Å². The van der Waals surface area contributed by atoms with E-state index in [2.05, 4.69) is 18.7 Å². The highest BCUT2D eigenvalue weighted by molar-refractivity contribution is 5.90. The van der Waals surface area contributed by atoms with Crippen LogP contribution in [0.4, 0.5) is 0 Å². The molecule has 0 fully saturated rings. The van der Waals surface area contributed by atoms with Gasteiger partial charge in [-0.3, -0.25) is 4.79 Å². The Bertz CT molecular complexity index is 461. The van der Waals surface area contributed by atoms with Gasteiger partial charge in [0, 0.05) is 11.8 Å². The molecule has 1 unspecified atom stereocenters. The monoisotopic (exact) mass is 256 g/mol. The largest absolute Gasteiger partial charge is 0.376 e. The van der Waals surface area contributed by atoms with Crippen molar-refractivity contribution in [3.05, 3.63) is 60.7 Å². The molecular formula is C17H20O2. The van der Waals surface area contributed by atoms with Crippen LogP contribution in [0.3, 0.4) is 0 Å². The molecule has 0 heterocycles. The van der Waals surface area contributed by atoms with Gasteiger partial charge in [-0.1, -0.05) is 42.5 Å². The van der Waals surface area contributed by atoms with Crippen molar-refractivity contribution in [1.82, 2.24) is 0 Å². The van der Waals surface area contributed by atoms with E-state index in [1.165, 1.54) is 5.56 Å². The topological polar surface area (TPSA) is 26.3 Å². The van der Waals surface area contributed by atoms with Gasteiger partial charge in [-0.25, -0.2) is 0 Å². The minimum Gasteiger partial charge on any atom is -0.376 e. The van der Waals surface area contributed by atoms with E-state index in [9.17, 15) is 4.79 Å². The van der Waals surface area contributed by atoms with E-state index in [-0.39, 0.29) is 11.2 Å². The van der Waals surface area contributed by atoms with Crippen molar-refractivity contribution in [2.45, 2.75) is 25.9 Å². The molecular weight excluding hydrogens is 236 g/mol. The van der Waals surface area contributed by atoms with Crippen LogP contribution in [0.15, 0.2) is 55.1 Å². The normalized spacial score (nSPS) is 22.4. The Kier molecular flexibility index (Phi) is 4.69. The molecule has 0 saturated heterocycles. The third kappa shape index (κ3) is 3.90. The highest BCUT2D eigenvalue weighted by Crippen LogP contribution is 2.34. The van der Waals surface area contributed by atoms with E-state index in [0.717, 1.165) is 12.8 Å². The van der Waals surface area contributed by atoms with Crippen LogP contribution < -0.4 is 0 Å². The second kappa shape index (κ2) is 6.48. The van der Waals surface area contributed by atoms with E-state index >= 15 is 0 Å². The molecule has 0 radical (unpaired) electrons. The number of ketones is 1. The first-order chi connectivity index (χ1) is 9.24. The average molecular weight is 256 g/mol. The quantitative estimate of drug-likeness (QED) is 0.726. The average Bonchev–Trinajstić information content (AvgIpc) is 2.44. The number of allylic oxidation sites excluding steroid dienone is 2. The molecule has 2 nitrogen and oxygen atoms in total. The number of benzene rings is 1. The summed E-state index contributed by atoms with van der Waals surface area (Å²) >= 11 is 0. The van der Waals surface area contributed by atoms with Crippen LogP contribution in [-0.2, 0) is 16.1 Å². The van der Waals surface area contributed by atoms with E-state index in [1.54, 1.807) is 6.08 Å². The second-order valence-electron chi connectivity index (χ2n) is 5.13. The van der Waals surface area contributed by atoms with Gasteiger partial charge in [0.25, 0.3) is 0 Å². The van der Waals surface area contributed by atoms with Crippen LogP contribution in [0.25, 0.3) is 0 Å². The van der Waals surface area contributed by atoms with Gasteiger partial charge < -0.3 is 4.74 Å². The highest BCUT2D eigenvalue weighted by atomic mass is 16.5. The first kappa shape index (κ1) is 13.8. The number of ether oxygens (including phenoxy) is 1. The molecule has 19 heavy (non-hydrogen) atoms. The molecule has 0 amide bonds. The number of carbonyl (C=O) groups is 1. The third-order valence-electron chi connectivity index (χ3n) is 3.54. The van der Waals surface area contributed by atoms with Crippen LogP contribution in [0.5, 0.6) is 0 Å². The van der Waals surface area contributed by atoms with Gasteiger partial charge in [-0.15, -0.1) is 6.58 Å². The van der Waals surface area contributed by atoms with E-state index in [4.69, 9.17) is 4.74 Å². The van der Waals surface area contributed by atoms with E-state index in [1.807, 2.05) is 30.4 Å². The number of hydrogen-bond donors (Lipinski definition) is 0. The molecule has 0 saturated carbocycles. The molecule has 0 N–H and O–H groups in total. The first-order valence-corrected chi connectivity index (χ1v) is 6.69. The zero-order chi connectivity index (χ0) is 13.6. The fourth-order valence-corrected chi connectivity index (χ4v) is 2.39. The molecule has 1 aliphatic carbocycles. The predicted molar refractivity (Wildman–Crippen MR) is 76.7 cm³/mol. The van der Waals surface area contributed by atoms with Gasteiger partial charge in [0.1, 0.15) is 0 Å². The molecule has 100 valence electrons. The van der Waals surface area contributed by atoms with Gasteiger partial charge in [0.15, 0.2) is 5.78 Å². The zero-order valence-corrected chi connectivity index (χ0v) is 11.2. The van der Waals surface area contributed by atoms with Gasteiger partial charge in [0.05, 0.1) is 13.2 Å². The summed E-state index contributed by atoms with van der Waals surface area (Å²) in [6, 6.07) is 10.1. The summed E-state index contributed by atoms with van der Waals surface area (Å²) in [6.07, 6.45) is 7.92. The minimum atomic E-state index is -0.0512. The molecule has 1 aromatic carbocycles. The van der Waals surface area contributed by atoms with Crippen molar-refractivity contribution in [2.24, 2.45) is 5.41 Å². The lowest BCUT2D eigenvalue weighted by molar-refractivity contribution is -0.116. The Hall–Kier alpha value is -1.67. The van der Waals surface area contributed by atoms with Crippen LogP contribution in [0, 0.1) is 5.41 Å². The lowest BCUT2D eigenvalue weighted by Crippen LogP contribution is -2.28. The maximum Gasteiger partial charge on any atom is 0.155 e. The van der Waals surface area contributed by atoms with Crippen LogP contribution in [0.1, 0.15) is 24.8 Å². The smallest absolute Gasteiger partial charge is 0.155 e. The summed E-state index contributed by atoms with van der Waals surface area (Å²) in [7, 11) is 0. The lowest BCUT2D eigenvalue weighted by atomic mass is 9.77. The second-order valence-corrected chi connectivity index (χ2v) is 5.13. The Morgan fingerprint density at radius 2 is 2.11 bits per heavy atom. The molecule has 0 spiro atoms. The number of rotatable bonds is 6. The summed E-state index contributed by atoms with van der Waals surface area (Å²) in [5.41, 5.74) is 1.12. The van der Waals surface area contributed by atoms with Crippen molar-refractivity contribution in [3.8, 4) is 0 Å². The Morgan fingerprint density at radius 3 is 2.74 bits per heavy atom. The predicted octanol–water partition coefficient (Wildman–Crippen LogP) is 3.68. The fourth-order valence-electron chi connectivity index (χ4n) is 2.39. The standard InChI is InChI=1S/C17H20O2/c1-2-10-17(11-8-16(18)9-12-17)14-19-13-15-6-4-3-5-7-15/h2-8,11H,1,9-10,12-14H2. The van der Waals surface area contributed by atoms with Gasteiger partial charge in [0.2, 0.25) is 0 Å². The summed E-state index contributed by atoms with van der Waals surface area (Å²) < 4.78 is 5.84. The molecule has 0 bridgehead atoms. The third-order valence-corrected chi connectivity index (χ3v) is 3.54. The van der Waals surface area contributed by atoms with Crippen molar-refractivity contribution in [3.63, 3.8) is 0 Å². The van der Waals surface area contributed by atoms with E-state index in [0.29, 0.717) is 19.6 Å². The summed E-state index contributed by atoms with van der Waals surface area (Å²) in [5, 5.41) is 0. The zero-order valence-electron chi connectivity index (χ0n) is 11.2. The van der Waals surface area contributed by atoms with Crippen molar-refractivity contribution in [1.29, 1.82) is 0 Å². The van der Waals surface area contributed by atoms with Gasteiger partial charge in [-0.2, -0.15) is 0 Å². The van der Waals surface area contributed by atoms with E-state index < -0.39 is 0 Å². The maximum absolute atomic E-state index is 11.3. The summed E-state index contributed by atoms with van der Waals surface area (Å²) in [6.45, 7) is 5.06. The molecule has 2 rings (SSSR count). The first-order valence-electron chi connectivity index (χ1n) is 6.69. The summed E-state index contributed by atoms with van der Waals surface area (Å²) in [4.78, 5) is 11.3. The van der Waals surface area contributed by atoms with Crippen LogP contribution in [-0.4, -0.2) is 12.4 Å². The SMILES string of the molecule is C=CCC1(COCc2ccccc2)C=CC(=O)CC1. The highest BCUT2D eigenvalue weighted by Gasteiger charge is 2.29. The van der Waals surface area contributed by atoms with Gasteiger partial charge in [-0.05, 0) is 24.5 Å². The molecule has 2 heteroatoms. The fraction of sp³-hybridized carbons (Fsp3) is 0.353. The maximum atomic E-state index is 11.3. The Morgan fingerprint density at radius 1 is 1.32 bits per heavy atom. The van der Waals surface area contributed by atoms with Crippen molar-refractivity contribution in [2.75, 3.05) is 6.61 Å². The molecule has 1 atom stereocenters. The van der Waals surface area contributed by atoms with Crippen molar-refractivity contribution >= 4 is 5.78 Å². The van der Waals surface area contributed by atoms with Gasteiger partial charge >= 0.3 is 0 Å². The van der Waals surface area contributed by atoms with Crippen molar-refractivity contribution < 1.29 is 9.53 Å². The number of hydrogen-bond acceptors (Lipinski definition) is 2. The minimum absolute atomic E-state index is 0.0512. The molecule has 0 aliphatic heterocycles. The molecule has 1 aliphatic rings. The summed E-state index contributed by atoms with van der Waals surface area (Å²) in [5.74, 6) is 0.211. The Labute approximate surface area is 114 Å². The molecule has 1 aromatic rings.